The molecule has 0 amide bonds. The van der Waals surface area contributed by atoms with E-state index in [4.69, 9.17) is 4.74 Å². The summed E-state index contributed by atoms with van der Waals surface area (Å²) in [6.45, 7) is 1.01. The summed E-state index contributed by atoms with van der Waals surface area (Å²) < 4.78 is 46.6. The Labute approximate surface area is 156 Å². The van der Waals surface area contributed by atoms with Crippen LogP contribution >= 0.6 is 0 Å². The monoisotopic (exact) mass is 396 g/mol. The van der Waals surface area contributed by atoms with E-state index in [-0.39, 0.29) is 23.7 Å². The van der Waals surface area contributed by atoms with Crippen molar-refractivity contribution in [3.63, 3.8) is 0 Å². The van der Waals surface area contributed by atoms with Gasteiger partial charge in [-0.1, -0.05) is 29.4 Å². The van der Waals surface area contributed by atoms with Gasteiger partial charge < -0.3 is 19.9 Å². The summed E-state index contributed by atoms with van der Waals surface area (Å²) in [7, 11) is 1.52. The molecule has 0 radical (unpaired) electrons. The smallest absolute Gasteiger partial charge is 0.383 e. The first-order valence-electron chi connectivity index (χ1n) is 8.11. The Morgan fingerprint density at radius 2 is 1.71 bits per heavy atom. The predicted octanol–water partition coefficient (Wildman–Crippen LogP) is 2.02. The number of alkyl halides is 3. The Morgan fingerprint density at radius 1 is 1.07 bits per heavy atom. The molecule has 0 atom stereocenters. The van der Waals surface area contributed by atoms with Crippen LogP contribution in [-0.4, -0.2) is 30.4 Å². The molecule has 2 N–H and O–H groups in total. The second-order valence-corrected chi connectivity index (χ2v) is 5.80. The molecule has 0 fully saturated rings. The molecule has 8 nitrogen and oxygen atoms in total. The highest BCUT2D eigenvalue weighted by atomic mass is 19.4. The Kier molecular flexibility index (Phi) is 5.45. The summed E-state index contributed by atoms with van der Waals surface area (Å²) in [4.78, 5) is 26.6. The van der Waals surface area contributed by atoms with E-state index in [1.165, 1.54) is 19.2 Å². The number of anilines is 2. The fraction of sp³-hybridized carbons (Fsp3) is 0.294. The van der Waals surface area contributed by atoms with Crippen LogP contribution in [0.2, 0.25) is 0 Å². The number of methoxy groups -OCH3 is 1. The summed E-state index contributed by atoms with van der Waals surface area (Å²) in [6.07, 6.45) is -4.70. The quantitative estimate of drug-likeness (QED) is 0.440. The zero-order valence-corrected chi connectivity index (χ0v) is 14.6. The van der Waals surface area contributed by atoms with E-state index >= 15 is 0 Å². The van der Waals surface area contributed by atoms with E-state index < -0.39 is 22.9 Å². The maximum Gasteiger partial charge on any atom is 0.471 e. The molecule has 28 heavy (non-hydrogen) atoms. The van der Waals surface area contributed by atoms with Crippen molar-refractivity contribution < 1.29 is 22.4 Å². The van der Waals surface area contributed by atoms with Crippen LogP contribution in [0.3, 0.4) is 0 Å². The molecule has 11 heteroatoms. The third-order valence-electron chi connectivity index (χ3n) is 3.87. The third kappa shape index (κ3) is 4.03. The first kappa shape index (κ1) is 19.5. The number of benzene rings is 1. The largest absolute Gasteiger partial charge is 0.471 e. The summed E-state index contributed by atoms with van der Waals surface area (Å²) in [5, 5.41) is 9.03. The number of halogens is 3. The lowest BCUT2D eigenvalue weighted by Crippen LogP contribution is -2.37. The van der Waals surface area contributed by atoms with Crippen molar-refractivity contribution in [2.45, 2.75) is 12.7 Å². The molecule has 0 saturated heterocycles. The number of nitrogens with one attached hydrogen (secondary N) is 2. The fourth-order valence-corrected chi connectivity index (χ4v) is 2.43. The third-order valence-corrected chi connectivity index (χ3v) is 3.87. The lowest BCUT2D eigenvalue weighted by molar-refractivity contribution is -0.159. The Balaban J connectivity index is 1.64. The van der Waals surface area contributed by atoms with Crippen LogP contribution in [0.1, 0.15) is 11.5 Å². The van der Waals surface area contributed by atoms with Crippen molar-refractivity contribution in [1.29, 1.82) is 0 Å². The first-order valence-corrected chi connectivity index (χ1v) is 8.11. The molecular formula is C17H15F3N4O4. The van der Waals surface area contributed by atoms with Gasteiger partial charge in [0, 0.05) is 25.8 Å². The van der Waals surface area contributed by atoms with E-state index in [1.54, 1.807) is 12.1 Å². The normalized spacial score (nSPS) is 11.7. The molecule has 0 aliphatic heterocycles. The van der Waals surface area contributed by atoms with Gasteiger partial charge in [0.25, 0.3) is 10.9 Å². The Morgan fingerprint density at radius 3 is 2.29 bits per heavy atom. The summed E-state index contributed by atoms with van der Waals surface area (Å²) in [6, 6.07) is 6.33. The molecule has 3 rings (SSSR count). The maximum atomic E-state index is 12.5. The zero-order chi connectivity index (χ0) is 20.3. The van der Waals surface area contributed by atoms with Gasteiger partial charge in [0.1, 0.15) is 11.4 Å². The van der Waals surface area contributed by atoms with Crippen LogP contribution in [0, 0.1) is 0 Å². The van der Waals surface area contributed by atoms with Crippen LogP contribution in [0.15, 0.2) is 38.4 Å². The van der Waals surface area contributed by atoms with Gasteiger partial charge in [0.2, 0.25) is 5.82 Å². The van der Waals surface area contributed by atoms with Gasteiger partial charge in [-0.2, -0.15) is 18.2 Å². The molecule has 0 spiro atoms. The molecule has 3 aromatic rings. The van der Waals surface area contributed by atoms with Crippen LogP contribution in [-0.2, 0) is 17.5 Å². The predicted molar refractivity (Wildman–Crippen MR) is 93.8 cm³/mol. The van der Waals surface area contributed by atoms with Gasteiger partial charge in [0.15, 0.2) is 0 Å². The van der Waals surface area contributed by atoms with Gasteiger partial charge in [-0.15, -0.1) is 0 Å². The number of nitrogens with zero attached hydrogens (tertiary/aromatic N) is 2. The minimum atomic E-state index is -4.70. The molecule has 148 valence electrons. The minimum absolute atomic E-state index is 0.182. The Bertz CT molecular complexity index is 1020. The standard InChI is InChI=1S/C17H15F3N4O4/c1-27-7-6-21-11-12(14(26)13(11)25)22-8-9-2-4-10(5-3-9)15-23-16(28-24-15)17(18,19)20/h2-5,21-22H,6-8H2,1H3. The van der Waals surface area contributed by atoms with Gasteiger partial charge >= 0.3 is 12.1 Å². The Hall–Kier alpha value is -3.21. The van der Waals surface area contributed by atoms with Crippen LogP contribution in [0.25, 0.3) is 11.4 Å². The van der Waals surface area contributed by atoms with Crippen molar-refractivity contribution in [2.24, 2.45) is 0 Å². The van der Waals surface area contributed by atoms with Gasteiger partial charge in [-0.05, 0) is 5.56 Å². The van der Waals surface area contributed by atoms with Crippen LogP contribution in [0.4, 0.5) is 24.5 Å². The first-order chi connectivity index (χ1) is 13.3. The number of hydrogen-bond acceptors (Lipinski definition) is 8. The molecule has 1 heterocycles. The van der Waals surface area contributed by atoms with Crippen molar-refractivity contribution in [2.75, 3.05) is 30.9 Å². The second kappa shape index (κ2) is 7.80. The van der Waals surface area contributed by atoms with E-state index in [1.807, 2.05) is 0 Å². The number of hydrogen-bond donors (Lipinski definition) is 2. The summed E-state index contributed by atoms with van der Waals surface area (Å²) in [5.41, 5.74) is 0.288. The van der Waals surface area contributed by atoms with Crippen molar-refractivity contribution in [3.05, 3.63) is 56.2 Å². The van der Waals surface area contributed by atoms with Gasteiger partial charge in [0.05, 0.1) is 6.61 Å². The van der Waals surface area contributed by atoms with E-state index in [2.05, 4.69) is 25.3 Å². The number of rotatable bonds is 8. The molecule has 1 aromatic heterocycles. The summed E-state index contributed by atoms with van der Waals surface area (Å²) >= 11 is 0. The molecule has 2 aromatic carbocycles. The van der Waals surface area contributed by atoms with Crippen molar-refractivity contribution >= 4 is 11.4 Å². The fourth-order valence-electron chi connectivity index (χ4n) is 2.43. The molecule has 0 aliphatic rings. The second-order valence-electron chi connectivity index (χ2n) is 5.80. The highest BCUT2D eigenvalue weighted by molar-refractivity contribution is 5.74. The van der Waals surface area contributed by atoms with E-state index in [0.29, 0.717) is 18.7 Å². The van der Waals surface area contributed by atoms with Crippen LogP contribution < -0.4 is 21.5 Å². The highest BCUT2D eigenvalue weighted by Crippen LogP contribution is 2.29. The van der Waals surface area contributed by atoms with Crippen LogP contribution in [0.5, 0.6) is 0 Å². The van der Waals surface area contributed by atoms with Crippen molar-refractivity contribution in [1.82, 2.24) is 10.1 Å². The van der Waals surface area contributed by atoms with Gasteiger partial charge in [-0.25, -0.2) is 0 Å². The topological polar surface area (TPSA) is 106 Å². The molecule has 0 aliphatic carbocycles. The zero-order valence-electron chi connectivity index (χ0n) is 14.6. The molecular weight excluding hydrogens is 381 g/mol. The SMILES string of the molecule is COCCNc1c(NCc2ccc(-c3noc(C(F)(F)F)n3)cc2)c(=O)c1=O. The minimum Gasteiger partial charge on any atom is -0.383 e. The van der Waals surface area contributed by atoms with Gasteiger partial charge in [-0.3, -0.25) is 9.59 Å². The average Bonchev–Trinajstić information content (AvgIpc) is 3.17. The maximum absolute atomic E-state index is 12.5. The molecule has 0 unspecified atom stereocenters. The average molecular weight is 396 g/mol. The van der Waals surface area contributed by atoms with E-state index in [0.717, 1.165) is 5.56 Å². The summed E-state index contributed by atoms with van der Waals surface area (Å²) in [5.74, 6) is -1.60. The lowest BCUT2D eigenvalue weighted by Gasteiger charge is -2.14. The molecule has 0 saturated carbocycles. The van der Waals surface area contributed by atoms with E-state index in [9.17, 15) is 22.8 Å². The number of ether oxygens (including phenoxy) is 1. The lowest BCUT2D eigenvalue weighted by atomic mass is 10.1. The number of aromatic nitrogens is 2. The van der Waals surface area contributed by atoms with Crippen molar-refractivity contribution in [3.8, 4) is 11.4 Å². The highest BCUT2D eigenvalue weighted by Gasteiger charge is 2.38. The molecule has 0 bridgehead atoms.